The first-order valence-electron chi connectivity index (χ1n) is 15.0. The van der Waals surface area contributed by atoms with Crippen LogP contribution in [0.5, 0.6) is 0 Å². The maximum Gasteiger partial charge on any atom is 0.0468 e. The summed E-state index contributed by atoms with van der Waals surface area (Å²) < 4.78 is 0. The molecule has 0 saturated heterocycles. The van der Waals surface area contributed by atoms with Crippen LogP contribution in [0.1, 0.15) is 55.5 Å². The van der Waals surface area contributed by atoms with Gasteiger partial charge in [0.25, 0.3) is 0 Å². The van der Waals surface area contributed by atoms with Gasteiger partial charge in [0.2, 0.25) is 0 Å². The summed E-state index contributed by atoms with van der Waals surface area (Å²) in [4.78, 5) is 2.46. The number of anilines is 3. The van der Waals surface area contributed by atoms with Gasteiger partial charge in [0.05, 0.1) is 0 Å². The van der Waals surface area contributed by atoms with Gasteiger partial charge in [-0.15, -0.1) is 0 Å². The van der Waals surface area contributed by atoms with E-state index in [9.17, 15) is 0 Å². The molecule has 2 aliphatic rings. The largest absolute Gasteiger partial charge is 0.310 e. The molecule has 42 heavy (non-hydrogen) atoms. The summed E-state index contributed by atoms with van der Waals surface area (Å²) in [6.07, 6.45) is 0. The van der Waals surface area contributed by atoms with Crippen molar-refractivity contribution in [3.63, 3.8) is 0 Å². The lowest BCUT2D eigenvalue weighted by atomic mass is 9.82. The molecule has 0 bridgehead atoms. The van der Waals surface area contributed by atoms with Crippen molar-refractivity contribution in [1.82, 2.24) is 0 Å². The molecule has 0 N–H and O–H groups in total. The molecule has 0 aromatic heterocycles. The van der Waals surface area contributed by atoms with Crippen LogP contribution in [-0.4, -0.2) is 0 Å². The van der Waals surface area contributed by atoms with Crippen LogP contribution in [0.2, 0.25) is 0 Å². The summed E-state index contributed by atoms with van der Waals surface area (Å²) in [6.45, 7) is 11.6. The minimum absolute atomic E-state index is 0.0594. The summed E-state index contributed by atoms with van der Waals surface area (Å²) in [5, 5.41) is 2.53. The summed E-state index contributed by atoms with van der Waals surface area (Å²) in [5.41, 5.74) is 15.7. The fourth-order valence-electron chi connectivity index (χ4n) is 7.60. The van der Waals surface area contributed by atoms with Crippen molar-refractivity contribution in [2.75, 3.05) is 4.90 Å². The first kappa shape index (κ1) is 25.1. The molecule has 0 heterocycles. The van der Waals surface area contributed by atoms with Crippen molar-refractivity contribution in [2.24, 2.45) is 0 Å². The molecule has 0 radical (unpaired) electrons. The average molecular weight is 542 g/mol. The summed E-state index contributed by atoms with van der Waals surface area (Å²) in [7, 11) is 0. The smallest absolute Gasteiger partial charge is 0.0468 e. The predicted molar refractivity (Wildman–Crippen MR) is 178 cm³/mol. The van der Waals surface area contributed by atoms with Gasteiger partial charge in [-0.3, -0.25) is 0 Å². The highest BCUT2D eigenvalue weighted by Crippen LogP contribution is 2.53. The van der Waals surface area contributed by atoms with E-state index in [0.29, 0.717) is 0 Å². The van der Waals surface area contributed by atoms with Crippen LogP contribution in [0.3, 0.4) is 0 Å². The van der Waals surface area contributed by atoms with Crippen molar-refractivity contribution in [3.8, 4) is 22.3 Å². The Morgan fingerprint density at radius 3 is 1.40 bits per heavy atom. The number of benzene rings is 6. The molecule has 6 aromatic carbocycles. The third-order valence-electron chi connectivity index (χ3n) is 9.89. The zero-order valence-electron chi connectivity index (χ0n) is 25.0. The summed E-state index contributed by atoms with van der Waals surface area (Å²) in [6, 6.07) is 45.5. The SMILES string of the molecule is Cc1ccc2cc(N(c3ccc4c(c3)C(C)(C)c3ccccc3-4)c3ccc4c(c3)C(C)(C)c3ccccc3-4)ccc2c1. The van der Waals surface area contributed by atoms with E-state index in [1.165, 1.54) is 77.9 Å². The van der Waals surface area contributed by atoms with E-state index in [4.69, 9.17) is 0 Å². The lowest BCUT2D eigenvalue weighted by Crippen LogP contribution is -2.18. The zero-order chi connectivity index (χ0) is 28.8. The number of fused-ring (bicyclic) bond motifs is 7. The maximum atomic E-state index is 2.46. The van der Waals surface area contributed by atoms with E-state index in [2.05, 4.69) is 161 Å². The molecular formula is C41H35N. The molecule has 0 fully saturated rings. The number of hydrogen-bond acceptors (Lipinski definition) is 1. The summed E-state index contributed by atoms with van der Waals surface area (Å²) >= 11 is 0. The number of aryl methyl sites for hydroxylation is 1. The van der Waals surface area contributed by atoms with E-state index in [1.807, 2.05) is 0 Å². The van der Waals surface area contributed by atoms with Gasteiger partial charge in [0.15, 0.2) is 0 Å². The second-order valence-electron chi connectivity index (χ2n) is 13.2. The molecule has 0 spiro atoms. The van der Waals surface area contributed by atoms with Gasteiger partial charge in [0, 0.05) is 27.9 Å². The number of hydrogen-bond donors (Lipinski definition) is 0. The van der Waals surface area contributed by atoms with Gasteiger partial charge in [-0.2, -0.15) is 0 Å². The molecule has 0 amide bonds. The van der Waals surface area contributed by atoms with Gasteiger partial charge in [-0.05, 0) is 98.6 Å². The van der Waals surface area contributed by atoms with Crippen LogP contribution in [0.4, 0.5) is 17.1 Å². The van der Waals surface area contributed by atoms with Crippen molar-refractivity contribution in [1.29, 1.82) is 0 Å². The Balaban J connectivity index is 1.34. The molecule has 204 valence electrons. The van der Waals surface area contributed by atoms with Gasteiger partial charge >= 0.3 is 0 Å². The molecule has 1 nitrogen and oxygen atoms in total. The van der Waals surface area contributed by atoms with Crippen molar-refractivity contribution in [3.05, 3.63) is 149 Å². The third-order valence-corrected chi connectivity index (χ3v) is 9.89. The summed E-state index contributed by atoms with van der Waals surface area (Å²) in [5.74, 6) is 0. The zero-order valence-corrected chi connectivity index (χ0v) is 25.0. The second-order valence-corrected chi connectivity index (χ2v) is 13.2. The molecule has 0 saturated carbocycles. The fourth-order valence-corrected chi connectivity index (χ4v) is 7.60. The normalized spacial score (nSPS) is 15.2. The Labute approximate surface area is 249 Å². The molecule has 1 heteroatoms. The predicted octanol–water partition coefficient (Wildman–Crippen LogP) is 11.2. The van der Waals surface area contributed by atoms with Gasteiger partial charge in [0.1, 0.15) is 0 Å². The first-order chi connectivity index (χ1) is 20.2. The monoisotopic (exact) mass is 541 g/mol. The van der Waals surface area contributed by atoms with Crippen molar-refractivity contribution >= 4 is 27.8 Å². The molecule has 0 atom stereocenters. The Hall–Kier alpha value is -4.62. The Kier molecular flexibility index (Phi) is 5.20. The third kappa shape index (κ3) is 3.50. The Morgan fingerprint density at radius 2 is 0.833 bits per heavy atom. The Bertz CT molecular complexity index is 1950. The van der Waals surface area contributed by atoms with E-state index in [0.717, 1.165) is 0 Å². The highest BCUT2D eigenvalue weighted by molar-refractivity contribution is 5.92. The van der Waals surface area contributed by atoms with Gasteiger partial charge < -0.3 is 4.90 Å². The highest BCUT2D eigenvalue weighted by atomic mass is 15.1. The number of rotatable bonds is 3. The molecule has 0 unspecified atom stereocenters. The van der Waals surface area contributed by atoms with Gasteiger partial charge in [-0.25, -0.2) is 0 Å². The second kappa shape index (κ2) is 8.69. The van der Waals surface area contributed by atoms with E-state index in [-0.39, 0.29) is 10.8 Å². The van der Waals surface area contributed by atoms with Crippen LogP contribution in [0.25, 0.3) is 33.0 Å². The van der Waals surface area contributed by atoms with Crippen LogP contribution < -0.4 is 4.90 Å². The van der Waals surface area contributed by atoms with Crippen LogP contribution in [0.15, 0.2) is 121 Å². The molecule has 2 aliphatic carbocycles. The molecular weight excluding hydrogens is 506 g/mol. The number of nitrogens with zero attached hydrogens (tertiary/aromatic N) is 1. The quantitative estimate of drug-likeness (QED) is 0.215. The van der Waals surface area contributed by atoms with Crippen molar-refractivity contribution < 1.29 is 0 Å². The lowest BCUT2D eigenvalue weighted by molar-refractivity contribution is 0.660. The van der Waals surface area contributed by atoms with E-state index >= 15 is 0 Å². The van der Waals surface area contributed by atoms with Gasteiger partial charge in [-0.1, -0.05) is 118 Å². The fraction of sp³-hybridized carbons (Fsp3) is 0.171. The lowest BCUT2D eigenvalue weighted by Gasteiger charge is -2.30. The van der Waals surface area contributed by atoms with E-state index in [1.54, 1.807) is 0 Å². The van der Waals surface area contributed by atoms with E-state index < -0.39 is 0 Å². The minimum Gasteiger partial charge on any atom is -0.310 e. The van der Waals surface area contributed by atoms with Crippen molar-refractivity contribution in [2.45, 2.75) is 45.4 Å². The molecule has 8 rings (SSSR count). The molecule has 6 aromatic rings. The van der Waals surface area contributed by atoms with Crippen LogP contribution >= 0.6 is 0 Å². The van der Waals surface area contributed by atoms with Crippen LogP contribution in [0, 0.1) is 6.92 Å². The maximum absolute atomic E-state index is 2.46. The standard InChI is InChI=1S/C41H35N/c1-26-14-15-28-23-29(17-16-27(28)22-26)42(30-18-20-34-32-10-6-8-12-36(32)40(2,3)38(34)24-30)31-19-21-35-33-11-7-9-13-37(33)41(4,5)39(35)25-31/h6-25H,1-5H3. The topological polar surface area (TPSA) is 3.24 Å². The van der Waals surface area contributed by atoms with Crippen LogP contribution in [-0.2, 0) is 10.8 Å². The first-order valence-corrected chi connectivity index (χ1v) is 15.0. The molecule has 0 aliphatic heterocycles. The average Bonchev–Trinajstić information content (AvgIpc) is 3.37. The highest BCUT2D eigenvalue weighted by Gasteiger charge is 2.37. The minimum atomic E-state index is -0.0594. The Morgan fingerprint density at radius 1 is 0.405 bits per heavy atom.